The molecule has 0 aromatic carbocycles. The number of aromatic nitrogens is 1. The van der Waals surface area contributed by atoms with E-state index in [4.69, 9.17) is 11.6 Å². The number of carbonyl (C=O) groups excluding carboxylic acids is 1. The lowest BCUT2D eigenvalue weighted by Crippen LogP contribution is -2.35. The monoisotopic (exact) mass is 523 g/mol. The van der Waals surface area contributed by atoms with Gasteiger partial charge in [-0.15, -0.1) is 11.3 Å². The van der Waals surface area contributed by atoms with E-state index in [1.54, 1.807) is 24.4 Å². The molecule has 2 aromatic rings. The zero-order valence-corrected chi connectivity index (χ0v) is 18.2. The number of halogens is 2. The molecule has 0 saturated carbocycles. The summed E-state index contributed by atoms with van der Waals surface area (Å²) in [6, 6.07) is 7.13. The third-order valence-corrected chi connectivity index (χ3v) is 7.33. The molecule has 1 aliphatic rings. The van der Waals surface area contributed by atoms with Crippen LogP contribution in [0.2, 0.25) is 4.34 Å². The predicted octanol–water partition coefficient (Wildman–Crippen LogP) is 3.35. The van der Waals surface area contributed by atoms with Crippen molar-refractivity contribution in [3.8, 4) is 0 Å². The quantitative estimate of drug-likeness (QED) is 0.589. The predicted molar refractivity (Wildman–Crippen MR) is 112 cm³/mol. The number of sulfonamides is 1. The van der Waals surface area contributed by atoms with Gasteiger partial charge in [-0.2, -0.15) is 0 Å². The van der Waals surface area contributed by atoms with Crippen molar-refractivity contribution in [1.82, 2.24) is 9.71 Å². The maximum absolute atomic E-state index is 12.5. The zero-order valence-electron chi connectivity index (χ0n) is 13.6. The van der Waals surface area contributed by atoms with Crippen molar-refractivity contribution in [3.63, 3.8) is 0 Å². The third kappa shape index (κ3) is 4.56. The number of thiophene rings is 1. The zero-order chi connectivity index (χ0) is 18.9. The number of nitrogens with zero attached hydrogens (tertiary/aromatic N) is 2. The Kier molecular flexibility index (Phi) is 5.90. The van der Waals surface area contributed by atoms with Crippen LogP contribution in [-0.2, 0) is 14.8 Å². The van der Waals surface area contributed by atoms with Crippen LogP contribution >= 0.6 is 45.5 Å². The Morgan fingerprint density at radius 3 is 2.77 bits per heavy atom. The molecule has 0 aliphatic carbocycles. The van der Waals surface area contributed by atoms with Gasteiger partial charge in [0.2, 0.25) is 10.0 Å². The first kappa shape index (κ1) is 19.6. The van der Waals surface area contributed by atoms with Crippen LogP contribution in [0.5, 0.6) is 0 Å². The lowest BCUT2D eigenvalue weighted by atomic mass is 10.2. The fourth-order valence-corrected chi connectivity index (χ4v) is 5.49. The van der Waals surface area contributed by atoms with E-state index in [0.717, 1.165) is 8.45 Å². The van der Waals surface area contributed by atoms with Gasteiger partial charge in [0, 0.05) is 27.1 Å². The van der Waals surface area contributed by atoms with E-state index in [-0.39, 0.29) is 23.9 Å². The normalized spacial score (nSPS) is 15.9. The summed E-state index contributed by atoms with van der Waals surface area (Å²) < 4.78 is 28.9. The molecule has 0 bridgehead atoms. The first-order valence-electron chi connectivity index (χ1n) is 7.64. The summed E-state index contributed by atoms with van der Waals surface area (Å²) in [6.45, 7) is 2.09. The summed E-state index contributed by atoms with van der Waals surface area (Å²) in [7, 11) is -3.67. The van der Waals surface area contributed by atoms with Crippen LogP contribution in [0.3, 0.4) is 0 Å². The number of hydrogen-bond acceptors (Lipinski definition) is 5. The molecule has 2 aromatic heterocycles. The molecule has 0 spiro atoms. The number of rotatable bonds is 6. The molecule has 6 nitrogen and oxygen atoms in total. The summed E-state index contributed by atoms with van der Waals surface area (Å²) in [4.78, 5) is 19.0. The number of nitrogens with one attached hydrogen (secondary N) is 1. The van der Waals surface area contributed by atoms with Gasteiger partial charge in [-0.25, -0.2) is 13.4 Å². The van der Waals surface area contributed by atoms with Gasteiger partial charge in [0.05, 0.1) is 10.1 Å². The molecule has 3 heterocycles. The Morgan fingerprint density at radius 2 is 2.15 bits per heavy atom. The molecular weight excluding hydrogens is 509 g/mol. The Labute approximate surface area is 174 Å². The van der Waals surface area contributed by atoms with E-state index in [0.29, 0.717) is 10.2 Å². The SMILES string of the molecule is CC(CS(=O)(=O)NC1=CCN(c2ccc(I)cn2)C1=O)c1ccc(Cl)s1. The van der Waals surface area contributed by atoms with Crippen LogP contribution in [0, 0.1) is 3.57 Å². The molecule has 26 heavy (non-hydrogen) atoms. The highest BCUT2D eigenvalue weighted by atomic mass is 127. The topological polar surface area (TPSA) is 79.4 Å². The van der Waals surface area contributed by atoms with Gasteiger partial charge in [0.25, 0.3) is 5.91 Å². The van der Waals surface area contributed by atoms with Crippen LogP contribution in [0.4, 0.5) is 5.82 Å². The van der Waals surface area contributed by atoms with E-state index in [1.165, 1.54) is 16.2 Å². The average Bonchev–Trinajstić information content (AvgIpc) is 3.15. The Morgan fingerprint density at radius 1 is 1.38 bits per heavy atom. The molecule has 1 aliphatic heterocycles. The highest BCUT2D eigenvalue weighted by molar-refractivity contribution is 14.1. The number of amides is 1. The van der Waals surface area contributed by atoms with Gasteiger partial charge < -0.3 is 0 Å². The first-order valence-corrected chi connectivity index (χ1v) is 11.6. The lowest BCUT2D eigenvalue weighted by Gasteiger charge is -2.16. The minimum Gasteiger partial charge on any atom is -0.287 e. The molecule has 1 N–H and O–H groups in total. The summed E-state index contributed by atoms with van der Waals surface area (Å²) in [5.41, 5.74) is 0.0572. The van der Waals surface area contributed by atoms with Crippen LogP contribution in [0.1, 0.15) is 17.7 Å². The molecule has 1 unspecified atom stereocenters. The maximum Gasteiger partial charge on any atom is 0.276 e. The van der Waals surface area contributed by atoms with Crippen molar-refractivity contribution in [2.75, 3.05) is 17.2 Å². The van der Waals surface area contributed by atoms with Crippen molar-refractivity contribution in [3.05, 3.63) is 55.0 Å². The number of carbonyl (C=O) groups is 1. The Balaban J connectivity index is 1.66. The van der Waals surface area contributed by atoms with E-state index >= 15 is 0 Å². The molecule has 0 radical (unpaired) electrons. The molecule has 0 fully saturated rings. The van der Waals surface area contributed by atoms with E-state index in [9.17, 15) is 13.2 Å². The average molecular weight is 524 g/mol. The van der Waals surface area contributed by atoms with Crippen LogP contribution in [-0.4, -0.2) is 31.6 Å². The standard InChI is InChI=1S/C16H15ClIN3O3S2/c1-10(13-3-4-14(17)25-13)9-26(23,24)20-12-6-7-21(16(12)22)15-5-2-11(18)8-19-15/h2-6,8,10,20H,7,9H2,1H3. The summed E-state index contributed by atoms with van der Waals surface area (Å²) >= 11 is 9.38. The molecule has 1 atom stereocenters. The number of anilines is 1. The Hall–Kier alpha value is -1.17. The molecular formula is C16H15ClIN3O3S2. The maximum atomic E-state index is 12.5. The van der Waals surface area contributed by atoms with Crippen molar-refractivity contribution < 1.29 is 13.2 Å². The van der Waals surface area contributed by atoms with Crippen LogP contribution in [0.15, 0.2) is 42.2 Å². The van der Waals surface area contributed by atoms with Crippen molar-refractivity contribution in [1.29, 1.82) is 0 Å². The van der Waals surface area contributed by atoms with E-state index in [1.807, 2.05) is 19.1 Å². The third-order valence-electron chi connectivity index (χ3n) is 3.76. The van der Waals surface area contributed by atoms with E-state index < -0.39 is 15.9 Å². The molecule has 1 amide bonds. The van der Waals surface area contributed by atoms with E-state index in [2.05, 4.69) is 32.3 Å². The second-order valence-electron chi connectivity index (χ2n) is 5.79. The lowest BCUT2D eigenvalue weighted by molar-refractivity contribution is -0.114. The smallest absolute Gasteiger partial charge is 0.276 e. The number of pyridine rings is 1. The van der Waals surface area contributed by atoms with Gasteiger partial charge in [-0.1, -0.05) is 18.5 Å². The fraction of sp³-hybridized carbons (Fsp3) is 0.250. The molecule has 10 heteroatoms. The highest BCUT2D eigenvalue weighted by Gasteiger charge is 2.29. The van der Waals surface area contributed by atoms with Crippen molar-refractivity contribution >= 4 is 67.3 Å². The molecule has 3 rings (SSSR count). The molecule has 0 saturated heterocycles. The van der Waals surface area contributed by atoms with Crippen molar-refractivity contribution in [2.45, 2.75) is 12.8 Å². The largest absolute Gasteiger partial charge is 0.287 e. The van der Waals surface area contributed by atoms with Gasteiger partial charge in [-0.3, -0.25) is 14.4 Å². The second kappa shape index (κ2) is 7.83. The van der Waals surface area contributed by atoms with Gasteiger partial charge in [0.15, 0.2) is 0 Å². The summed E-state index contributed by atoms with van der Waals surface area (Å²) in [5, 5.41) is 0. The second-order valence-corrected chi connectivity index (χ2v) is 10.6. The van der Waals surface area contributed by atoms with Gasteiger partial charge in [-0.05, 0) is 52.9 Å². The fourth-order valence-electron chi connectivity index (χ4n) is 2.52. The highest BCUT2D eigenvalue weighted by Crippen LogP contribution is 2.29. The number of hydrogen-bond donors (Lipinski definition) is 1. The minimum absolute atomic E-state index is 0.0572. The minimum atomic E-state index is -3.67. The van der Waals surface area contributed by atoms with Crippen LogP contribution < -0.4 is 9.62 Å². The molecule has 138 valence electrons. The summed E-state index contributed by atoms with van der Waals surface area (Å²) in [5.74, 6) is -0.274. The first-order chi connectivity index (χ1) is 12.2. The van der Waals surface area contributed by atoms with Crippen molar-refractivity contribution in [2.24, 2.45) is 0 Å². The Bertz CT molecular complexity index is 957. The van der Waals surface area contributed by atoms with Crippen LogP contribution in [0.25, 0.3) is 0 Å². The van der Waals surface area contributed by atoms with Gasteiger partial charge in [0.1, 0.15) is 11.5 Å². The summed E-state index contributed by atoms with van der Waals surface area (Å²) in [6.07, 6.45) is 3.21. The van der Waals surface area contributed by atoms with Gasteiger partial charge >= 0.3 is 0 Å².